The minimum Gasteiger partial charge on any atom is -0.383 e. The molecule has 0 amide bonds. The first-order chi connectivity index (χ1) is 6.74. The summed E-state index contributed by atoms with van der Waals surface area (Å²) >= 11 is 0. The highest BCUT2D eigenvalue weighted by molar-refractivity contribution is 5.07. The van der Waals surface area contributed by atoms with Crippen LogP contribution in [0.2, 0.25) is 0 Å². The summed E-state index contributed by atoms with van der Waals surface area (Å²) < 4.78 is 5.06. The number of hydrogen-bond donors (Lipinski definition) is 1. The van der Waals surface area contributed by atoms with Gasteiger partial charge in [-0.1, -0.05) is 6.07 Å². The van der Waals surface area contributed by atoms with Crippen LogP contribution in [0.5, 0.6) is 0 Å². The van der Waals surface area contributed by atoms with Crippen molar-refractivity contribution >= 4 is 0 Å². The molecule has 14 heavy (non-hydrogen) atoms. The molecule has 0 aliphatic carbocycles. The van der Waals surface area contributed by atoms with Crippen molar-refractivity contribution < 1.29 is 4.74 Å². The van der Waals surface area contributed by atoms with Crippen LogP contribution in [0.15, 0.2) is 24.4 Å². The zero-order valence-electron chi connectivity index (χ0n) is 9.03. The zero-order valence-corrected chi connectivity index (χ0v) is 9.03. The predicted octanol–water partition coefficient (Wildman–Crippen LogP) is 1.77. The van der Waals surface area contributed by atoms with Crippen LogP contribution >= 0.6 is 0 Å². The second-order valence-electron chi connectivity index (χ2n) is 3.50. The van der Waals surface area contributed by atoms with Crippen LogP contribution in [0.4, 0.5) is 0 Å². The van der Waals surface area contributed by atoms with Crippen molar-refractivity contribution in [1.29, 1.82) is 0 Å². The number of aromatic nitrogens is 1. The summed E-state index contributed by atoms with van der Waals surface area (Å²) in [4.78, 5) is 4.29. The molecule has 1 heterocycles. The molecule has 2 atom stereocenters. The quantitative estimate of drug-likeness (QED) is 0.775. The third kappa shape index (κ3) is 3.44. The molecule has 78 valence electrons. The summed E-state index contributed by atoms with van der Waals surface area (Å²) in [6.45, 7) is 4.93. The Labute approximate surface area is 85.5 Å². The summed E-state index contributed by atoms with van der Waals surface area (Å²) in [5.41, 5.74) is 1.07. The summed E-state index contributed by atoms with van der Waals surface area (Å²) in [6.07, 6.45) is 1.81. The molecule has 0 spiro atoms. The first-order valence-corrected chi connectivity index (χ1v) is 4.90. The van der Waals surface area contributed by atoms with Crippen LogP contribution < -0.4 is 5.32 Å². The molecule has 2 unspecified atom stereocenters. The van der Waals surface area contributed by atoms with Crippen molar-refractivity contribution in [2.75, 3.05) is 13.7 Å². The summed E-state index contributed by atoms with van der Waals surface area (Å²) in [5.74, 6) is 0. The number of nitrogens with one attached hydrogen (secondary N) is 1. The normalized spacial score (nSPS) is 15.1. The Morgan fingerprint density at radius 1 is 1.43 bits per heavy atom. The van der Waals surface area contributed by atoms with E-state index in [9.17, 15) is 0 Å². The number of hydrogen-bond acceptors (Lipinski definition) is 3. The molecule has 0 aliphatic rings. The Hall–Kier alpha value is -0.930. The van der Waals surface area contributed by atoms with Crippen LogP contribution in [0.25, 0.3) is 0 Å². The minimum atomic E-state index is 0.265. The van der Waals surface area contributed by atoms with Gasteiger partial charge >= 0.3 is 0 Å². The van der Waals surface area contributed by atoms with E-state index in [0.717, 1.165) is 12.3 Å². The molecule has 0 radical (unpaired) electrons. The lowest BCUT2D eigenvalue weighted by atomic mass is 10.2. The van der Waals surface area contributed by atoms with Gasteiger partial charge in [-0.2, -0.15) is 0 Å². The van der Waals surface area contributed by atoms with E-state index >= 15 is 0 Å². The molecular formula is C11H18N2O. The van der Waals surface area contributed by atoms with Crippen molar-refractivity contribution in [2.24, 2.45) is 0 Å². The molecule has 1 N–H and O–H groups in total. The Morgan fingerprint density at radius 2 is 2.21 bits per heavy atom. The van der Waals surface area contributed by atoms with Crippen LogP contribution in [0, 0.1) is 0 Å². The predicted molar refractivity (Wildman–Crippen MR) is 57.1 cm³/mol. The van der Waals surface area contributed by atoms with Gasteiger partial charge in [-0.25, -0.2) is 0 Å². The van der Waals surface area contributed by atoms with Crippen molar-refractivity contribution in [2.45, 2.75) is 25.9 Å². The van der Waals surface area contributed by atoms with Crippen LogP contribution in [-0.4, -0.2) is 24.7 Å². The van der Waals surface area contributed by atoms with E-state index in [-0.39, 0.29) is 6.04 Å². The van der Waals surface area contributed by atoms with Gasteiger partial charge in [0.05, 0.1) is 12.3 Å². The Balaban J connectivity index is 2.46. The second-order valence-corrected chi connectivity index (χ2v) is 3.50. The number of methoxy groups -OCH3 is 1. The van der Waals surface area contributed by atoms with Crippen molar-refractivity contribution in [3.05, 3.63) is 30.1 Å². The van der Waals surface area contributed by atoms with Gasteiger partial charge in [0.25, 0.3) is 0 Å². The fraction of sp³-hybridized carbons (Fsp3) is 0.545. The summed E-state index contributed by atoms with van der Waals surface area (Å²) in [7, 11) is 1.71. The largest absolute Gasteiger partial charge is 0.383 e. The SMILES string of the molecule is COCC(C)NC(C)c1ccccn1. The van der Waals surface area contributed by atoms with Gasteiger partial charge < -0.3 is 10.1 Å². The van der Waals surface area contributed by atoms with E-state index in [0.29, 0.717) is 6.04 Å². The van der Waals surface area contributed by atoms with E-state index in [4.69, 9.17) is 4.74 Å². The van der Waals surface area contributed by atoms with E-state index < -0.39 is 0 Å². The minimum absolute atomic E-state index is 0.265. The molecule has 1 rings (SSSR count). The average Bonchev–Trinajstić information content (AvgIpc) is 2.19. The van der Waals surface area contributed by atoms with Gasteiger partial charge in [-0.3, -0.25) is 4.98 Å². The Kier molecular flexibility index (Phi) is 4.56. The lowest BCUT2D eigenvalue weighted by Gasteiger charge is -2.18. The van der Waals surface area contributed by atoms with Gasteiger partial charge in [0.15, 0.2) is 0 Å². The number of ether oxygens (including phenoxy) is 1. The fourth-order valence-electron chi connectivity index (χ4n) is 1.44. The molecule has 0 saturated carbocycles. The molecule has 0 aromatic carbocycles. The molecule has 1 aromatic rings. The average molecular weight is 194 g/mol. The Bertz CT molecular complexity index is 251. The van der Waals surface area contributed by atoms with Crippen molar-refractivity contribution in [3.63, 3.8) is 0 Å². The first-order valence-electron chi connectivity index (χ1n) is 4.90. The highest BCUT2D eigenvalue weighted by Gasteiger charge is 2.09. The highest BCUT2D eigenvalue weighted by Crippen LogP contribution is 2.08. The third-order valence-electron chi connectivity index (χ3n) is 2.08. The summed E-state index contributed by atoms with van der Waals surface area (Å²) in [6, 6.07) is 6.56. The second kappa shape index (κ2) is 5.73. The van der Waals surface area contributed by atoms with E-state index in [2.05, 4.69) is 24.1 Å². The lowest BCUT2D eigenvalue weighted by Crippen LogP contribution is -2.32. The van der Waals surface area contributed by atoms with Crippen LogP contribution in [-0.2, 0) is 4.74 Å². The molecule has 0 aliphatic heterocycles. The molecule has 1 aromatic heterocycles. The maximum atomic E-state index is 5.06. The van der Waals surface area contributed by atoms with Crippen molar-refractivity contribution in [3.8, 4) is 0 Å². The Morgan fingerprint density at radius 3 is 2.79 bits per heavy atom. The van der Waals surface area contributed by atoms with Gasteiger partial charge in [0, 0.05) is 25.4 Å². The molecular weight excluding hydrogens is 176 g/mol. The monoisotopic (exact) mass is 194 g/mol. The van der Waals surface area contributed by atoms with Gasteiger partial charge in [-0.15, -0.1) is 0 Å². The molecule has 0 bridgehead atoms. The van der Waals surface area contributed by atoms with Crippen molar-refractivity contribution in [1.82, 2.24) is 10.3 Å². The lowest BCUT2D eigenvalue weighted by molar-refractivity contribution is 0.167. The van der Waals surface area contributed by atoms with Gasteiger partial charge in [-0.05, 0) is 26.0 Å². The first kappa shape index (κ1) is 11.1. The van der Waals surface area contributed by atoms with Gasteiger partial charge in [0.2, 0.25) is 0 Å². The number of pyridine rings is 1. The number of nitrogens with zero attached hydrogens (tertiary/aromatic N) is 1. The molecule has 3 heteroatoms. The maximum Gasteiger partial charge on any atom is 0.0613 e. The maximum absolute atomic E-state index is 5.06. The molecule has 0 fully saturated rings. The smallest absolute Gasteiger partial charge is 0.0613 e. The van der Waals surface area contributed by atoms with Gasteiger partial charge in [0.1, 0.15) is 0 Å². The van der Waals surface area contributed by atoms with E-state index in [1.165, 1.54) is 0 Å². The van der Waals surface area contributed by atoms with Crippen LogP contribution in [0.3, 0.4) is 0 Å². The third-order valence-corrected chi connectivity index (χ3v) is 2.08. The summed E-state index contributed by atoms with van der Waals surface area (Å²) in [5, 5.41) is 3.41. The fourth-order valence-corrected chi connectivity index (χ4v) is 1.44. The van der Waals surface area contributed by atoms with Crippen LogP contribution in [0.1, 0.15) is 25.6 Å². The van der Waals surface area contributed by atoms with E-state index in [1.807, 2.05) is 24.4 Å². The highest BCUT2D eigenvalue weighted by atomic mass is 16.5. The number of rotatable bonds is 5. The zero-order chi connectivity index (χ0) is 10.4. The molecule has 0 saturated heterocycles. The topological polar surface area (TPSA) is 34.1 Å². The standard InChI is InChI=1S/C11H18N2O/c1-9(8-14-3)13-10(2)11-6-4-5-7-12-11/h4-7,9-10,13H,8H2,1-3H3. The molecule has 3 nitrogen and oxygen atoms in total. The van der Waals surface area contributed by atoms with E-state index in [1.54, 1.807) is 7.11 Å².